The molecule has 0 atom stereocenters. The molecule has 8 heavy (non-hydrogen) atoms. The van der Waals surface area contributed by atoms with Crippen LogP contribution in [-0.2, 0) is 0 Å². The molecule has 0 unspecified atom stereocenters. The maximum atomic E-state index is 8.98. The molecule has 0 heterocycles. The maximum Gasteiger partial charge on any atom is 0.313 e. The maximum absolute atomic E-state index is 8.98. The molecule has 50 valence electrons. The second-order valence-electron chi connectivity index (χ2n) is 0.745. The lowest BCUT2D eigenvalue weighted by Gasteiger charge is -1.72. The number of hydrogen-bond donors (Lipinski definition) is 0. The molecule has 0 saturated heterocycles. The lowest BCUT2D eigenvalue weighted by molar-refractivity contribution is 0.275. The molecule has 0 aromatic carbocycles. The molecule has 0 radical (unpaired) electrons. The van der Waals surface area contributed by atoms with Gasteiger partial charge in [-0.15, -0.1) is 23.2 Å². The first kappa shape index (κ1) is 11.6. The number of alkyl halides is 2. The molecule has 0 rings (SSSR count). The van der Waals surface area contributed by atoms with Gasteiger partial charge in [-0.25, -0.2) is 0 Å². The van der Waals surface area contributed by atoms with Crippen LogP contribution < -0.4 is 0 Å². The fourth-order valence-electron chi connectivity index (χ4n) is 0. The van der Waals surface area contributed by atoms with Gasteiger partial charge in [0.05, 0.1) is 0 Å². The van der Waals surface area contributed by atoms with E-state index in [-0.39, 0.29) is 4.84 Å². The predicted molar refractivity (Wildman–Crippen MR) is 38.3 cm³/mol. The molecule has 0 aliphatic carbocycles. The fourth-order valence-corrected chi connectivity index (χ4v) is 0. The Labute approximate surface area is 67.8 Å². The molecule has 0 aliphatic heterocycles. The van der Waals surface area contributed by atoms with Crippen molar-refractivity contribution in [3.05, 3.63) is 0 Å². The van der Waals surface area contributed by atoms with E-state index >= 15 is 0 Å². The molecule has 1 nitrogen and oxygen atoms in total. The SMILES string of the molecule is CC(Cl)Cl.O=C(Cl)Cl. The summed E-state index contributed by atoms with van der Waals surface area (Å²) in [5.41, 5.74) is 0. The van der Waals surface area contributed by atoms with Crippen LogP contribution in [0.25, 0.3) is 0 Å². The van der Waals surface area contributed by atoms with Crippen LogP contribution >= 0.6 is 46.4 Å². The zero-order valence-electron chi connectivity index (χ0n) is 4.00. The normalized spacial score (nSPS) is 7.75. The van der Waals surface area contributed by atoms with Crippen molar-refractivity contribution < 1.29 is 4.79 Å². The van der Waals surface area contributed by atoms with Gasteiger partial charge >= 0.3 is 4.70 Å². The average Bonchev–Trinajstić information content (AvgIpc) is 1.25. The van der Waals surface area contributed by atoms with E-state index in [0.29, 0.717) is 0 Å². The van der Waals surface area contributed by atoms with E-state index in [2.05, 4.69) is 23.2 Å². The van der Waals surface area contributed by atoms with Crippen LogP contribution in [0.1, 0.15) is 6.92 Å². The van der Waals surface area contributed by atoms with Gasteiger partial charge in [0.1, 0.15) is 4.84 Å². The van der Waals surface area contributed by atoms with Gasteiger partial charge in [0, 0.05) is 0 Å². The number of carbonyl (C=O) groups is 1. The Morgan fingerprint density at radius 1 is 1.38 bits per heavy atom. The van der Waals surface area contributed by atoms with E-state index < -0.39 is 4.70 Å². The van der Waals surface area contributed by atoms with Gasteiger partial charge in [-0.3, -0.25) is 4.79 Å². The molecule has 0 saturated carbocycles. The van der Waals surface area contributed by atoms with E-state index in [1.807, 2.05) is 0 Å². The van der Waals surface area contributed by atoms with Crippen LogP contribution in [0.15, 0.2) is 0 Å². The Kier molecular flexibility index (Phi) is 11.4. The first-order chi connectivity index (χ1) is 3.46. The second-order valence-corrected chi connectivity index (χ2v) is 3.16. The third kappa shape index (κ3) is 337. The van der Waals surface area contributed by atoms with E-state index in [9.17, 15) is 0 Å². The zero-order chi connectivity index (χ0) is 7.15. The molecule has 0 spiro atoms. The Bertz CT molecular complexity index is 55.5. The van der Waals surface area contributed by atoms with Crippen LogP contribution in [0.4, 0.5) is 4.79 Å². The molecule has 0 aromatic heterocycles. The molecule has 0 aliphatic rings. The predicted octanol–water partition coefficient (Wildman–Crippen LogP) is 3.39. The van der Waals surface area contributed by atoms with Gasteiger partial charge in [0.15, 0.2) is 0 Å². The van der Waals surface area contributed by atoms with E-state index in [1.165, 1.54) is 0 Å². The Morgan fingerprint density at radius 2 is 1.38 bits per heavy atom. The molecule has 0 aromatic rings. The van der Waals surface area contributed by atoms with Crippen molar-refractivity contribution in [1.29, 1.82) is 0 Å². The molecule has 5 heteroatoms. The smallest absolute Gasteiger partial charge is 0.262 e. The number of halogens is 4. The second kappa shape index (κ2) is 7.83. The lowest BCUT2D eigenvalue weighted by Crippen LogP contribution is -1.63. The van der Waals surface area contributed by atoms with E-state index in [4.69, 9.17) is 28.0 Å². The molecular weight excluding hydrogens is 194 g/mol. The number of rotatable bonds is 0. The lowest BCUT2D eigenvalue weighted by atomic mass is 11.0. The Morgan fingerprint density at radius 3 is 1.38 bits per heavy atom. The summed E-state index contributed by atoms with van der Waals surface area (Å²) in [5.74, 6) is 0. The van der Waals surface area contributed by atoms with Gasteiger partial charge in [-0.2, -0.15) is 0 Å². The van der Waals surface area contributed by atoms with Gasteiger partial charge in [0.2, 0.25) is 0 Å². The monoisotopic (exact) mass is 196 g/mol. The van der Waals surface area contributed by atoms with Gasteiger partial charge in [0.25, 0.3) is 0 Å². The highest BCUT2D eigenvalue weighted by Gasteiger charge is 1.75. The van der Waals surface area contributed by atoms with Crippen LogP contribution in [0, 0.1) is 0 Å². The minimum atomic E-state index is -0.889. The van der Waals surface area contributed by atoms with Crippen molar-refractivity contribution in [2.24, 2.45) is 0 Å². The summed E-state index contributed by atoms with van der Waals surface area (Å²) < 4.78 is -0.889. The van der Waals surface area contributed by atoms with Crippen molar-refractivity contribution in [3.8, 4) is 0 Å². The number of carbonyl (C=O) groups excluding carboxylic acids is 1. The highest BCUT2D eigenvalue weighted by Crippen LogP contribution is 1.95. The molecule has 0 amide bonds. The topological polar surface area (TPSA) is 17.1 Å². The minimum absolute atomic E-state index is 0.222. The molecule has 0 N–H and O–H groups in total. The third-order valence-corrected chi connectivity index (χ3v) is 0. The summed E-state index contributed by atoms with van der Waals surface area (Å²) in [6, 6.07) is 0. The Hall–Kier alpha value is 0.830. The van der Waals surface area contributed by atoms with E-state index in [0.717, 1.165) is 0 Å². The average molecular weight is 198 g/mol. The summed E-state index contributed by atoms with van der Waals surface area (Å²) in [7, 11) is 0. The quantitative estimate of drug-likeness (QED) is 0.430. The summed E-state index contributed by atoms with van der Waals surface area (Å²) in [5, 5.41) is 0. The Balaban J connectivity index is 0. The van der Waals surface area contributed by atoms with Crippen molar-refractivity contribution in [3.63, 3.8) is 0 Å². The zero-order valence-corrected chi connectivity index (χ0v) is 7.02. The largest absolute Gasteiger partial charge is 0.313 e. The van der Waals surface area contributed by atoms with Crippen molar-refractivity contribution in [2.45, 2.75) is 11.8 Å². The third-order valence-electron chi connectivity index (χ3n) is 0. The minimum Gasteiger partial charge on any atom is -0.262 e. The van der Waals surface area contributed by atoms with E-state index in [1.54, 1.807) is 6.92 Å². The highest BCUT2D eigenvalue weighted by atomic mass is 35.5. The van der Waals surface area contributed by atoms with Crippen LogP contribution in [0.3, 0.4) is 0 Å². The van der Waals surface area contributed by atoms with Crippen LogP contribution in [-0.4, -0.2) is 9.54 Å². The van der Waals surface area contributed by atoms with Crippen molar-refractivity contribution >= 4 is 51.1 Å². The van der Waals surface area contributed by atoms with Gasteiger partial charge < -0.3 is 0 Å². The summed E-state index contributed by atoms with van der Waals surface area (Å²) >= 11 is 18.9. The first-order valence-electron chi connectivity index (χ1n) is 1.60. The molecule has 0 bridgehead atoms. The highest BCUT2D eigenvalue weighted by molar-refractivity contribution is 6.93. The van der Waals surface area contributed by atoms with Crippen LogP contribution in [0.2, 0.25) is 0 Å². The van der Waals surface area contributed by atoms with Crippen LogP contribution in [0.5, 0.6) is 0 Å². The van der Waals surface area contributed by atoms with Crippen molar-refractivity contribution in [1.82, 2.24) is 0 Å². The first-order valence-corrected chi connectivity index (χ1v) is 3.22. The molecular formula is C3H4Cl4O. The summed E-state index contributed by atoms with van der Waals surface area (Å²) in [4.78, 5) is 8.75. The standard InChI is InChI=1S/C2H4Cl2.CCl2O/c1-2(3)4;2-1(3)4/h2H,1H3;. The van der Waals surface area contributed by atoms with Gasteiger partial charge in [-0.1, -0.05) is 0 Å². The summed E-state index contributed by atoms with van der Waals surface area (Å²) in [6.07, 6.45) is 0. The molecule has 0 fully saturated rings. The number of hydrogen-bond acceptors (Lipinski definition) is 1. The van der Waals surface area contributed by atoms with Crippen molar-refractivity contribution in [2.75, 3.05) is 0 Å². The summed E-state index contributed by atoms with van der Waals surface area (Å²) in [6.45, 7) is 1.70. The van der Waals surface area contributed by atoms with Gasteiger partial charge in [-0.05, 0) is 30.1 Å². The fraction of sp³-hybridized carbons (Fsp3) is 0.667.